The van der Waals surface area contributed by atoms with Gasteiger partial charge in [0.2, 0.25) is 0 Å². The van der Waals surface area contributed by atoms with Gasteiger partial charge in [0.15, 0.2) is 0 Å². The van der Waals surface area contributed by atoms with Crippen LogP contribution in [0, 0.1) is 17.8 Å². The van der Waals surface area contributed by atoms with E-state index >= 15 is 0 Å². The van der Waals surface area contributed by atoms with Crippen LogP contribution in [0.5, 0.6) is 0 Å². The minimum Gasteiger partial charge on any atom is -1.00 e. The van der Waals surface area contributed by atoms with Crippen molar-refractivity contribution in [3.8, 4) is 0 Å². The first-order valence-electron chi connectivity index (χ1n) is 18.1. The van der Waals surface area contributed by atoms with E-state index in [1.165, 1.54) is 0 Å². The second-order valence-corrected chi connectivity index (χ2v) is 21.6. The predicted molar refractivity (Wildman–Crippen MR) is 227 cm³/mol. The largest absolute Gasteiger partial charge is 2.00 e. The monoisotopic (exact) mass is 864 g/mol. The van der Waals surface area contributed by atoms with Crippen LogP contribution < -0.4 is 21.7 Å². The molecule has 2 aromatic carbocycles. The van der Waals surface area contributed by atoms with Gasteiger partial charge in [-0.25, -0.2) is 22.7 Å². The molecule has 3 atom stereocenters. The summed E-state index contributed by atoms with van der Waals surface area (Å²) in [6.45, 7) is 35.7. The number of nitrogens with zero attached hydrogens (tertiary/aromatic N) is 1. The Labute approximate surface area is 360 Å². The number of rotatable bonds is 11. The maximum Gasteiger partial charge on any atom is 2.00 e. The molecule has 8 nitrogen and oxygen atoms in total. The fraction of sp³-hybridized carbons (Fsp3) is 0.619. The summed E-state index contributed by atoms with van der Waals surface area (Å²) in [7, 11) is -2.44. The molecule has 0 radical (unpaired) electrons. The number of hydrogen-bond donors (Lipinski definition) is 1. The van der Waals surface area contributed by atoms with E-state index in [4.69, 9.17) is 9.47 Å². The molecule has 0 saturated heterocycles. The van der Waals surface area contributed by atoms with Crippen LogP contribution >= 0.6 is 0 Å². The summed E-state index contributed by atoms with van der Waals surface area (Å²) in [6.07, 6.45) is 4.17. The average Bonchev–Trinajstić information content (AvgIpc) is 3.00. The molecule has 0 unspecified atom stereocenters. The van der Waals surface area contributed by atoms with Crippen molar-refractivity contribution < 1.29 is 44.5 Å². The number of benzene rings is 2. The number of carbonyl (C=O) groups is 2. The van der Waals surface area contributed by atoms with Crippen molar-refractivity contribution in [3.63, 3.8) is 0 Å². The van der Waals surface area contributed by atoms with Gasteiger partial charge in [0.1, 0.15) is 11.0 Å². The zero-order valence-corrected chi connectivity index (χ0v) is 40.7. The Morgan fingerprint density at radius 1 is 0.722 bits per heavy atom. The van der Waals surface area contributed by atoms with Crippen LogP contribution in [-0.4, -0.2) is 71.3 Å². The Morgan fingerprint density at radius 2 is 1.11 bits per heavy atom. The number of halogens is 1. The van der Waals surface area contributed by atoms with Crippen molar-refractivity contribution in [1.29, 1.82) is 0 Å². The van der Waals surface area contributed by atoms with Crippen molar-refractivity contribution in [2.45, 2.75) is 158 Å². The summed E-state index contributed by atoms with van der Waals surface area (Å²) in [5.41, 5.74) is 3.49. The van der Waals surface area contributed by atoms with E-state index in [9.17, 15) is 18.0 Å². The maximum atomic E-state index is 12.6. The van der Waals surface area contributed by atoms with E-state index in [-0.39, 0.29) is 85.1 Å². The summed E-state index contributed by atoms with van der Waals surface area (Å²) >= 11 is 0. The van der Waals surface area contributed by atoms with Gasteiger partial charge in [-0.15, -0.1) is 0 Å². The van der Waals surface area contributed by atoms with E-state index in [2.05, 4.69) is 57.6 Å². The van der Waals surface area contributed by atoms with Crippen molar-refractivity contribution in [3.05, 3.63) is 77.7 Å². The van der Waals surface area contributed by atoms with Gasteiger partial charge >= 0.3 is 35.0 Å². The SMILES string of the molecule is CC(C)OC(=O)c1ccc(C=N[S@@](=O)C(C)(C)C)cc1.CC(C)OC(=O)c1ccc([C@@H](CCC(C)(C)C)N[S@@](=O)C(C)(C)C)cc1.[Br-].[CH2-]CC(C)(C)C.[Mg+2]. The first kappa shape index (κ1) is 56.9. The second kappa shape index (κ2) is 25.7. The molecule has 0 spiro atoms. The molecule has 0 bridgehead atoms. The molecule has 0 aliphatic carbocycles. The van der Waals surface area contributed by atoms with E-state index < -0.39 is 22.0 Å². The third kappa shape index (κ3) is 26.4. The maximum absolute atomic E-state index is 12.6. The normalized spacial score (nSPS) is 13.6. The minimum atomic E-state index is -1.28. The van der Waals surface area contributed by atoms with Crippen LogP contribution in [0.15, 0.2) is 52.9 Å². The molecule has 54 heavy (non-hydrogen) atoms. The van der Waals surface area contributed by atoms with Gasteiger partial charge in [-0.3, -0.25) is 0 Å². The Hall–Kier alpha value is -1.44. The summed E-state index contributed by atoms with van der Waals surface area (Å²) < 4.78 is 41.3. The van der Waals surface area contributed by atoms with Gasteiger partial charge in [0.25, 0.3) is 0 Å². The van der Waals surface area contributed by atoms with Crippen LogP contribution in [0.4, 0.5) is 0 Å². The van der Waals surface area contributed by atoms with Gasteiger partial charge in [-0.2, -0.15) is 10.8 Å². The van der Waals surface area contributed by atoms with Gasteiger partial charge in [-0.05, 0) is 123 Å². The van der Waals surface area contributed by atoms with Crippen molar-refractivity contribution in [1.82, 2.24) is 4.72 Å². The predicted octanol–water partition coefficient (Wildman–Crippen LogP) is 7.18. The van der Waals surface area contributed by atoms with E-state index in [0.717, 1.165) is 30.4 Å². The second-order valence-electron chi connectivity index (χ2n) is 17.7. The third-order valence-electron chi connectivity index (χ3n) is 6.94. The Bertz CT molecular complexity index is 1450. The summed E-state index contributed by atoms with van der Waals surface area (Å²) in [4.78, 5) is 23.7. The van der Waals surface area contributed by atoms with Crippen LogP contribution in [0.1, 0.15) is 168 Å². The number of esters is 2. The van der Waals surface area contributed by atoms with Crippen LogP contribution in [0.2, 0.25) is 0 Å². The molecule has 0 aliphatic heterocycles. The summed E-state index contributed by atoms with van der Waals surface area (Å²) in [5.74, 6) is -0.661. The molecule has 0 fully saturated rings. The summed E-state index contributed by atoms with van der Waals surface area (Å²) in [5, 5.41) is 0. The topological polar surface area (TPSA) is 111 Å². The van der Waals surface area contributed by atoms with Crippen molar-refractivity contribution in [2.75, 3.05) is 0 Å². The smallest absolute Gasteiger partial charge is 1.00 e. The molecular formula is C42H69BrMgN2O6S2. The van der Waals surface area contributed by atoms with Crippen molar-refractivity contribution in [2.24, 2.45) is 15.2 Å². The number of carbonyl (C=O) groups excluding carboxylic acids is 2. The quantitative estimate of drug-likeness (QED) is 0.111. The average molecular weight is 866 g/mol. The molecule has 2 aromatic rings. The van der Waals surface area contributed by atoms with Crippen LogP contribution in [0.3, 0.4) is 0 Å². The van der Waals surface area contributed by atoms with Gasteiger partial charge in [0.05, 0.1) is 43.8 Å². The molecular weight excluding hydrogens is 797 g/mol. The zero-order valence-electron chi connectivity index (χ0n) is 36.1. The molecule has 0 aliphatic rings. The Kier molecular flexibility index (Phi) is 27.1. The molecule has 304 valence electrons. The van der Waals surface area contributed by atoms with Gasteiger partial charge in [-0.1, -0.05) is 71.2 Å². The van der Waals surface area contributed by atoms with Gasteiger partial charge in [0, 0.05) is 12.3 Å². The first-order valence-corrected chi connectivity index (χ1v) is 20.4. The number of ether oxygens (including phenoxy) is 2. The van der Waals surface area contributed by atoms with E-state index in [1.807, 2.05) is 67.5 Å². The minimum absolute atomic E-state index is 0. The fourth-order valence-electron chi connectivity index (χ4n) is 3.56. The van der Waals surface area contributed by atoms with Gasteiger partial charge < -0.3 is 33.4 Å². The molecule has 0 amide bonds. The van der Waals surface area contributed by atoms with Crippen LogP contribution in [-0.2, 0) is 31.4 Å². The molecule has 0 heterocycles. The Balaban J connectivity index is -0.000000827. The third-order valence-corrected chi connectivity index (χ3v) is 9.90. The van der Waals surface area contributed by atoms with E-state index in [0.29, 0.717) is 16.5 Å². The standard InChI is InChI=1S/C21H35NO3S.C15H21NO3S.C6H13.BrH.Mg/c1-15(2)25-19(23)17-11-9-16(10-12-17)18(13-14-20(3,4)5)22-26(24)21(6,7)8;1-11(2)19-14(17)13-8-6-12(7-9-13)10-16-20(18)15(3,4)5;1-5-6(2,3)4;;/h9-12,15,18,22H,13-14H2,1-8H3;6-11H,1-5H3;1,5H2,2-4H3;1H;/q;;-1;;+2/p-1/t18-,26+;20-;;;/m10.../s1. The van der Waals surface area contributed by atoms with E-state index in [1.54, 1.807) is 56.5 Å². The molecule has 2 rings (SSSR count). The van der Waals surface area contributed by atoms with Crippen molar-refractivity contribution >= 4 is 63.2 Å². The van der Waals surface area contributed by atoms with Crippen LogP contribution in [0.25, 0.3) is 0 Å². The molecule has 0 saturated carbocycles. The Morgan fingerprint density at radius 3 is 1.43 bits per heavy atom. The molecule has 1 N–H and O–H groups in total. The fourth-order valence-corrected chi connectivity index (χ4v) is 4.96. The number of hydrogen-bond acceptors (Lipinski definition) is 6. The number of nitrogens with one attached hydrogen (secondary N) is 1. The zero-order chi connectivity index (χ0) is 40.7. The summed E-state index contributed by atoms with van der Waals surface area (Å²) in [6, 6.07) is 14.2. The molecule has 12 heteroatoms. The molecule has 0 aromatic heterocycles. The first-order chi connectivity index (χ1) is 23.6.